The number of para-hydroxylation sites is 1. The van der Waals surface area contributed by atoms with Crippen molar-refractivity contribution < 1.29 is 13.9 Å². The lowest BCUT2D eigenvalue weighted by atomic mass is 10.1. The fraction of sp³-hybridized carbons (Fsp3) is 0.0556. The van der Waals surface area contributed by atoms with E-state index in [0.29, 0.717) is 11.3 Å². The molecule has 3 rings (SSSR count). The number of rotatable bonds is 4. The third-order valence-corrected chi connectivity index (χ3v) is 3.89. The summed E-state index contributed by atoms with van der Waals surface area (Å²) in [6.07, 6.45) is 3.26. The molecule has 0 spiro atoms. The minimum atomic E-state index is -0.164. The molecule has 3 nitrogen and oxygen atoms in total. The highest BCUT2D eigenvalue weighted by Gasteiger charge is 2.09. The molecule has 0 aliphatic carbocycles. The third-order valence-electron chi connectivity index (χ3n) is 3.27. The van der Waals surface area contributed by atoms with Crippen LogP contribution in [-0.2, 0) is 0 Å². The Morgan fingerprint density at radius 3 is 2.73 bits per heavy atom. The summed E-state index contributed by atoms with van der Waals surface area (Å²) in [7, 11) is 1.61. The standard InChI is InChI=1S/C18H13BrO3/c1-21-17-9-7-12(10-14(17)19)6-8-15(20)18-11-13-4-2-3-5-16(13)22-18/h2-11H,1H3. The van der Waals surface area contributed by atoms with E-state index in [4.69, 9.17) is 9.15 Å². The Morgan fingerprint density at radius 1 is 1.18 bits per heavy atom. The number of carbonyl (C=O) groups is 1. The molecule has 0 unspecified atom stereocenters. The average molecular weight is 357 g/mol. The van der Waals surface area contributed by atoms with Gasteiger partial charge in [0.05, 0.1) is 11.6 Å². The summed E-state index contributed by atoms with van der Waals surface area (Å²) in [5.41, 5.74) is 1.61. The van der Waals surface area contributed by atoms with Crippen molar-refractivity contribution in [2.45, 2.75) is 0 Å². The van der Waals surface area contributed by atoms with E-state index in [9.17, 15) is 4.79 Å². The molecule has 0 saturated heterocycles. The first-order valence-corrected chi connectivity index (χ1v) is 7.51. The van der Waals surface area contributed by atoms with E-state index < -0.39 is 0 Å². The number of halogens is 1. The number of benzene rings is 2. The third kappa shape index (κ3) is 2.97. The molecule has 0 amide bonds. The first-order chi connectivity index (χ1) is 10.7. The molecule has 22 heavy (non-hydrogen) atoms. The van der Waals surface area contributed by atoms with E-state index in [-0.39, 0.29) is 5.78 Å². The average Bonchev–Trinajstić information content (AvgIpc) is 2.97. The summed E-state index contributed by atoms with van der Waals surface area (Å²) in [4.78, 5) is 12.2. The van der Waals surface area contributed by atoms with Crippen molar-refractivity contribution in [3.05, 3.63) is 70.4 Å². The molecule has 0 aliphatic heterocycles. The molecule has 1 aromatic heterocycles. The Morgan fingerprint density at radius 2 is 2.00 bits per heavy atom. The minimum Gasteiger partial charge on any atom is -0.496 e. The maximum absolute atomic E-state index is 12.2. The van der Waals surface area contributed by atoms with Crippen LogP contribution in [0.4, 0.5) is 0 Å². The zero-order valence-electron chi connectivity index (χ0n) is 11.9. The van der Waals surface area contributed by atoms with Crippen molar-refractivity contribution >= 4 is 38.8 Å². The Kier molecular flexibility index (Phi) is 4.11. The lowest BCUT2D eigenvalue weighted by molar-refractivity contribution is 0.102. The van der Waals surface area contributed by atoms with Crippen molar-refractivity contribution in [2.24, 2.45) is 0 Å². The van der Waals surface area contributed by atoms with Gasteiger partial charge >= 0.3 is 0 Å². The van der Waals surface area contributed by atoms with Crippen LogP contribution in [0, 0.1) is 0 Å². The van der Waals surface area contributed by atoms with Crippen LogP contribution in [0.1, 0.15) is 16.1 Å². The lowest BCUT2D eigenvalue weighted by Gasteiger charge is -2.03. The second-order valence-corrected chi connectivity index (χ2v) is 5.59. The zero-order chi connectivity index (χ0) is 15.5. The SMILES string of the molecule is COc1ccc(C=CC(=O)c2cc3ccccc3o2)cc1Br. The molecule has 2 aromatic carbocycles. The molecule has 0 atom stereocenters. The molecule has 3 aromatic rings. The van der Waals surface area contributed by atoms with Gasteiger partial charge in [0.1, 0.15) is 11.3 Å². The topological polar surface area (TPSA) is 39.4 Å². The summed E-state index contributed by atoms with van der Waals surface area (Å²) < 4.78 is 11.6. The quantitative estimate of drug-likeness (QED) is 0.482. The van der Waals surface area contributed by atoms with Crippen LogP contribution >= 0.6 is 15.9 Å². The molecule has 1 heterocycles. The molecule has 0 radical (unpaired) electrons. The number of ketones is 1. The van der Waals surface area contributed by atoms with Crippen LogP contribution < -0.4 is 4.74 Å². The first-order valence-electron chi connectivity index (χ1n) is 6.72. The van der Waals surface area contributed by atoms with E-state index in [2.05, 4.69) is 15.9 Å². The van der Waals surface area contributed by atoms with Crippen LogP contribution in [0.3, 0.4) is 0 Å². The number of carbonyl (C=O) groups excluding carboxylic acids is 1. The van der Waals surface area contributed by atoms with Crippen molar-refractivity contribution in [1.82, 2.24) is 0 Å². The molecular formula is C18H13BrO3. The van der Waals surface area contributed by atoms with Gasteiger partial charge in [0.2, 0.25) is 5.78 Å². The number of ether oxygens (including phenoxy) is 1. The number of furan rings is 1. The van der Waals surface area contributed by atoms with E-state index in [1.54, 1.807) is 19.3 Å². The first kappa shape index (κ1) is 14.6. The van der Waals surface area contributed by atoms with Crippen LogP contribution in [0.25, 0.3) is 17.0 Å². The highest BCUT2D eigenvalue weighted by Crippen LogP contribution is 2.26. The zero-order valence-corrected chi connectivity index (χ0v) is 13.5. The van der Waals surface area contributed by atoms with Gasteiger partial charge in [-0.1, -0.05) is 30.3 Å². The van der Waals surface area contributed by atoms with Gasteiger partial charge in [0.15, 0.2) is 5.76 Å². The largest absolute Gasteiger partial charge is 0.496 e. The van der Waals surface area contributed by atoms with Crippen molar-refractivity contribution in [2.75, 3.05) is 7.11 Å². The molecule has 0 fully saturated rings. The number of hydrogen-bond acceptors (Lipinski definition) is 3. The summed E-state index contributed by atoms with van der Waals surface area (Å²) >= 11 is 3.42. The van der Waals surface area contributed by atoms with Gasteiger partial charge in [0, 0.05) is 5.39 Å². The molecule has 4 heteroatoms. The predicted octanol–water partition coefficient (Wildman–Crippen LogP) is 5.10. The van der Waals surface area contributed by atoms with Gasteiger partial charge < -0.3 is 9.15 Å². The van der Waals surface area contributed by atoms with E-state index in [0.717, 1.165) is 21.2 Å². The van der Waals surface area contributed by atoms with E-state index in [1.807, 2.05) is 42.5 Å². The number of fused-ring (bicyclic) bond motifs is 1. The van der Waals surface area contributed by atoms with E-state index >= 15 is 0 Å². The van der Waals surface area contributed by atoms with Crippen LogP contribution in [0.2, 0.25) is 0 Å². The highest BCUT2D eigenvalue weighted by molar-refractivity contribution is 9.10. The Bertz CT molecular complexity index is 829. The predicted molar refractivity (Wildman–Crippen MR) is 90.3 cm³/mol. The molecular weight excluding hydrogens is 344 g/mol. The van der Waals surface area contributed by atoms with Crippen molar-refractivity contribution in [3.63, 3.8) is 0 Å². The summed E-state index contributed by atoms with van der Waals surface area (Å²) in [6.45, 7) is 0. The lowest BCUT2D eigenvalue weighted by Crippen LogP contribution is -1.90. The molecule has 110 valence electrons. The minimum absolute atomic E-state index is 0.164. The smallest absolute Gasteiger partial charge is 0.221 e. The van der Waals surface area contributed by atoms with Crippen LogP contribution in [-0.4, -0.2) is 12.9 Å². The number of allylic oxidation sites excluding steroid dienone is 1. The Balaban J connectivity index is 1.82. The van der Waals surface area contributed by atoms with Crippen molar-refractivity contribution in [1.29, 1.82) is 0 Å². The van der Waals surface area contributed by atoms with Gasteiger partial charge in [0.25, 0.3) is 0 Å². The number of methoxy groups -OCH3 is 1. The van der Waals surface area contributed by atoms with Crippen LogP contribution in [0.5, 0.6) is 5.75 Å². The summed E-state index contributed by atoms with van der Waals surface area (Å²) in [6, 6.07) is 14.9. The van der Waals surface area contributed by atoms with Crippen molar-refractivity contribution in [3.8, 4) is 5.75 Å². The maximum Gasteiger partial charge on any atom is 0.221 e. The molecule has 0 aliphatic rings. The van der Waals surface area contributed by atoms with Gasteiger partial charge in [-0.2, -0.15) is 0 Å². The monoisotopic (exact) mass is 356 g/mol. The fourth-order valence-corrected chi connectivity index (χ4v) is 2.70. The van der Waals surface area contributed by atoms with Gasteiger partial charge in [-0.15, -0.1) is 0 Å². The van der Waals surface area contributed by atoms with Gasteiger partial charge in [-0.25, -0.2) is 0 Å². The summed E-state index contributed by atoms with van der Waals surface area (Å²) in [5, 5.41) is 0.923. The normalized spacial score (nSPS) is 11.2. The second kappa shape index (κ2) is 6.20. The fourth-order valence-electron chi connectivity index (χ4n) is 2.14. The van der Waals surface area contributed by atoms with E-state index in [1.165, 1.54) is 6.08 Å². The highest BCUT2D eigenvalue weighted by atomic mass is 79.9. The Labute approximate surface area is 136 Å². The summed E-state index contributed by atoms with van der Waals surface area (Å²) in [5.74, 6) is 0.925. The van der Waals surface area contributed by atoms with Gasteiger partial charge in [-0.3, -0.25) is 4.79 Å². The van der Waals surface area contributed by atoms with Crippen LogP contribution in [0.15, 0.2) is 63.5 Å². The molecule has 0 saturated carbocycles. The molecule has 0 N–H and O–H groups in total. The molecule has 0 bridgehead atoms. The second-order valence-electron chi connectivity index (χ2n) is 4.74. The maximum atomic E-state index is 12.2. The van der Waals surface area contributed by atoms with Gasteiger partial charge in [-0.05, 0) is 51.8 Å². The Hall–Kier alpha value is -2.33. The number of hydrogen-bond donors (Lipinski definition) is 0.